The van der Waals surface area contributed by atoms with E-state index in [1.54, 1.807) is 0 Å². The van der Waals surface area contributed by atoms with Crippen LogP contribution in [-0.4, -0.2) is 123 Å². The number of alkyl carbamates (subject to hydrolysis) is 1. The van der Waals surface area contributed by atoms with Crippen LogP contribution in [0.15, 0.2) is 42.5 Å². The van der Waals surface area contributed by atoms with Gasteiger partial charge in [0.05, 0.1) is 44.7 Å². The lowest BCUT2D eigenvalue weighted by molar-refractivity contribution is -0.143. The number of fused-ring (bicyclic) bond motifs is 4. The van der Waals surface area contributed by atoms with Gasteiger partial charge in [-0.25, -0.2) is 44.3 Å². The molecule has 1 unspecified atom stereocenters. The van der Waals surface area contributed by atoms with Crippen LogP contribution in [-0.2, 0) is 76.5 Å². The van der Waals surface area contributed by atoms with Gasteiger partial charge in [-0.1, -0.05) is 23.7 Å². The molecule has 0 bridgehead atoms. The van der Waals surface area contributed by atoms with Crippen molar-refractivity contribution in [1.82, 2.24) is 40.1 Å². The number of benzene rings is 2. The van der Waals surface area contributed by atoms with Gasteiger partial charge in [0.2, 0.25) is 22.7 Å². The lowest BCUT2D eigenvalue weighted by Gasteiger charge is -2.29. The largest absolute Gasteiger partial charge is 0.472 e. The van der Waals surface area contributed by atoms with Crippen molar-refractivity contribution in [2.45, 2.75) is 106 Å². The summed E-state index contributed by atoms with van der Waals surface area (Å²) in [5.41, 5.74) is -5.59. The molecular formula is C47H49ClF10N9O12PS2. The number of phosphoric ester groups is 1. The van der Waals surface area contributed by atoms with Crippen molar-refractivity contribution < 1.29 is 98.7 Å². The second kappa shape index (κ2) is 22.1. The summed E-state index contributed by atoms with van der Waals surface area (Å²) in [7, 11) is -13.8. The first-order chi connectivity index (χ1) is 37.8. The van der Waals surface area contributed by atoms with Gasteiger partial charge in [0.1, 0.15) is 30.4 Å². The fourth-order valence-corrected chi connectivity index (χ4v) is 11.8. The zero-order valence-electron chi connectivity index (χ0n) is 43.2. The Hall–Kier alpha value is -6.12. The van der Waals surface area contributed by atoms with Crippen LogP contribution >= 0.6 is 19.4 Å². The fourth-order valence-electron chi connectivity index (χ4n) is 10.0. The minimum absolute atomic E-state index is 0.0136. The molecule has 8 rings (SSSR count). The number of hydrogen-bond acceptors (Lipinski definition) is 13. The van der Waals surface area contributed by atoms with E-state index in [9.17, 15) is 70.9 Å². The summed E-state index contributed by atoms with van der Waals surface area (Å²) in [5.74, 6) is -11.3. The molecule has 5 aromatic rings. The van der Waals surface area contributed by atoms with Gasteiger partial charge in [0.15, 0.2) is 21.3 Å². The van der Waals surface area contributed by atoms with Crippen molar-refractivity contribution >= 4 is 74.0 Å². The molecule has 1 saturated heterocycles. The maximum absolute atomic E-state index is 15.7. The van der Waals surface area contributed by atoms with Crippen molar-refractivity contribution in [1.29, 1.82) is 0 Å². The van der Waals surface area contributed by atoms with Gasteiger partial charge in [0, 0.05) is 53.7 Å². The number of aryl methyl sites for hydroxylation is 1. The molecule has 3 aromatic heterocycles. The topological polar surface area (TPSA) is 275 Å². The Balaban J connectivity index is 1.28. The summed E-state index contributed by atoms with van der Waals surface area (Å²) in [5, 5.41) is 10.9. The van der Waals surface area contributed by atoms with E-state index in [0.717, 1.165) is 35.4 Å². The van der Waals surface area contributed by atoms with Gasteiger partial charge in [-0.3, -0.25) is 19.1 Å². The van der Waals surface area contributed by atoms with Crippen LogP contribution in [0.3, 0.4) is 0 Å². The first kappa shape index (κ1) is 61.9. The van der Waals surface area contributed by atoms with Crippen molar-refractivity contribution in [3.8, 4) is 11.1 Å². The van der Waals surface area contributed by atoms with Crippen molar-refractivity contribution in [3.05, 3.63) is 93.0 Å². The molecule has 0 radical (unpaired) electrons. The van der Waals surface area contributed by atoms with Gasteiger partial charge in [-0.15, -0.1) is 0 Å². The summed E-state index contributed by atoms with van der Waals surface area (Å²) in [6.07, 6.45) is -11.4. The quantitative estimate of drug-likeness (QED) is 0.0346. The van der Waals surface area contributed by atoms with E-state index in [4.69, 9.17) is 26.4 Å². The van der Waals surface area contributed by atoms with E-state index in [1.807, 2.05) is 0 Å². The van der Waals surface area contributed by atoms with E-state index >= 15 is 8.78 Å². The highest BCUT2D eigenvalue weighted by molar-refractivity contribution is 7.93. The zero-order valence-corrected chi connectivity index (χ0v) is 46.4. The maximum Gasteiger partial charge on any atom is 0.472 e. The Morgan fingerprint density at radius 3 is 2.23 bits per heavy atom. The number of amides is 4. The predicted octanol–water partition coefficient (Wildman–Crippen LogP) is 8.02. The molecule has 0 spiro atoms. The van der Waals surface area contributed by atoms with Crippen molar-refractivity contribution in [3.63, 3.8) is 0 Å². The van der Waals surface area contributed by atoms with E-state index < -0.39 is 182 Å². The summed E-state index contributed by atoms with van der Waals surface area (Å²) in [6.45, 7) is -2.46. The number of nitrogens with one attached hydrogen (secondary N) is 2. The summed E-state index contributed by atoms with van der Waals surface area (Å²) >= 11 is 6.75. The number of urea groups is 1. The van der Waals surface area contributed by atoms with Crippen LogP contribution in [0.25, 0.3) is 22.0 Å². The molecular weight excluding hydrogens is 1200 g/mol. The molecule has 3 aliphatic rings. The molecule has 2 aliphatic carbocycles. The Morgan fingerprint density at radius 2 is 1.62 bits per heavy atom. The number of nitrogens with zero attached hydrogens (tertiary/aromatic N) is 7. The van der Waals surface area contributed by atoms with Crippen LogP contribution in [0.4, 0.5) is 59.3 Å². The molecule has 448 valence electrons. The maximum atomic E-state index is 15.7. The van der Waals surface area contributed by atoms with Crippen LogP contribution in [0.1, 0.15) is 85.4 Å². The molecule has 82 heavy (non-hydrogen) atoms. The minimum Gasteiger partial charge on any atom is -0.422 e. The highest BCUT2D eigenvalue weighted by Crippen LogP contribution is 2.68. The number of anilines is 1. The first-order valence-corrected chi connectivity index (χ1v) is 30.1. The van der Waals surface area contributed by atoms with E-state index in [2.05, 4.69) is 30.1 Å². The number of alkyl halides is 8. The minimum atomic E-state index is -5.24. The number of hydrogen-bond donors (Lipinski definition) is 4. The van der Waals surface area contributed by atoms with E-state index in [-0.39, 0.29) is 74.7 Å². The smallest absolute Gasteiger partial charge is 0.422 e. The number of rotatable bonds is 19. The van der Waals surface area contributed by atoms with Gasteiger partial charge in [-0.2, -0.15) is 49.6 Å². The number of ether oxygens (including phenoxy) is 1. The third-order valence-corrected chi connectivity index (χ3v) is 18.1. The number of sulfone groups is 1. The Kier molecular flexibility index (Phi) is 16.7. The first-order valence-electron chi connectivity index (χ1n) is 24.4. The Labute approximate surface area is 464 Å². The highest BCUT2D eigenvalue weighted by Gasteiger charge is 2.68. The van der Waals surface area contributed by atoms with Crippen molar-refractivity contribution in [2.24, 2.45) is 5.92 Å². The van der Waals surface area contributed by atoms with Crippen LogP contribution in [0, 0.1) is 17.6 Å². The molecule has 21 nitrogen and oxygen atoms in total. The highest BCUT2D eigenvalue weighted by atomic mass is 35.5. The normalized spacial score (nSPS) is 18.5. The standard InChI is InChI=1S/C47H49ClF10N9O12PS2/c1-44(2,81(3,74)75)12-11-26-7-8-28(37(60-26)33(16-23-14-24(49)17-25(50)15-23)61-34(68)20-65-40-35(39(62-65)47(56,57)58)30-18-31(30)46(40,54)55)29-9-10-32(48)36-38(29)66(21-45(51,52)53)63-41(36)67(82(4,76)77)43(70)64-13-5-6-27(64)19-59-42(69)78-22-79-80(71,72)73/h7-10,14-15,17,27,30-31,33H,5-6,11-13,16,18-22H2,1-4H3,(H,59,69)(H,61,68)(H2,71,72,73)/t27-,30-,31?,33-/m0/s1. The van der Waals surface area contributed by atoms with E-state index in [1.165, 1.54) is 26.0 Å². The molecule has 4 N–H and O–H groups in total. The summed E-state index contributed by atoms with van der Waals surface area (Å²) in [6, 6.07) is 2.50. The van der Waals surface area contributed by atoms with Crippen molar-refractivity contribution in [2.75, 3.05) is 36.7 Å². The lowest BCUT2D eigenvalue weighted by Crippen LogP contribution is -2.51. The van der Waals surface area contributed by atoms with Crippen LogP contribution < -0.4 is 14.9 Å². The molecule has 2 fully saturated rings. The van der Waals surface area contributed by atoms with Gasteiger partial charge in [0.25, 0.3) is 5.92 Å². The average molecular weight is 1250 g/mol. The van der Waals surface area contributed by atoms with E-state index in [0.29, 0.717) is 12.3 Å². The number of aromatic nitrogens is 5. The number of carbonyl (C=O) groups excluding carboxylic acids is 3. The molecule has 1 aliphatic heterocycles. The third-order valence-electron chi connectivity index (χ3n) is 14.1. The SMILES string of the molecule is CC(C)(CCc1ccc(-c2ccc(Cl)c3c(N(C(=O)N4CCC[C@H]4CNC(=O)OCOP(=O)(O)O)S(C)(=O)=O)nn(CC(F)(F)F)c23)c([C@H](Cc2cc(F)cc(F)c2)NC(=O)Cn2nc(C(F)(F)F)c3c2C(F)(F)C2C[C@H]32)n1)S(C)(=O)=O. The average Bonchev–Trinajstić information content (AvgIpc) is 2.96. The molecule has 1 saturated carbocycles. The number of halogens is 11. The summed E-state index contributed by atoms with van der Waals surface area (Å²) in [4.78, 5) is 64.6. The third kappa shape index (κ3) is 13.3. The Morgan fingerprint density at radius 1 is 0.963 bits per heavy atom. The second-order valence-corrected chi connectivity index (χ2v) is 26.6. The number of pyridine rings is 1. The molecule has 4 amide bonds. The summed E-state index contributed by atoms with van der Waals surface area (Å²) < 4.78 is 221. The lowest BCUT2D eigenvalue weighted by atomic mass is 9.93. The number of carbonyl (C=O) groups is 3. The predicted molar refractivity (Wildman–Crippen MR) is 269 cm³/mol. The van der Waals surface area contributed by atoms with Crippen LogP contribution in [0.2, 0.25) is 5.02 Å². The fraction of sp³-hybridized carbons (Fsp3) is 0.489. The molecule has 4 heterocycles. The van der Waals surface area contributed by atoms with Gasteiger partial charge < -0.3 is 30.1 Å². The second-order valence-electron chi connectivity index (χ2n) is 20.5. The van der Waals surface area contributed by atoms with Gasteiger partial charge in [-0.05, 0) is 88.1 Å². The monoisotopic (exact) mass is 1250 g/mol. The number of likely N-dealkylation sites (tertiary alicyclic amines) is 1. The Bertz CT molecular complexity index is 3640. The number of phosphoric acid groups is 1. The van der Waals surface area contributed by atoms with Gasteiger partial charge >= 0.3 is 32.3 Å². The number of sulfonamides is 1. The molecule has 4 atom stereocenters. The molecule has 35 heteroatoms. The molecule has 2 aromatic carbocycles. The zero-order chi connectivity index (χ0) is 60.6. The van der Waals surface area contributed by atoms with Crippen LogP contribution in [0.5, 0.6) is 0 Å².